The van der Waals surface area contributed by atoms with Crippen molar-refractivity contribution in [1.82, 2.24) is 9.78 Å². The number of hydrogen-bond donors (Lipinski definition) is 2. The SMILES string of the molecule is COc1cccc(NC(=O)c2ccc(-n3nc(-c4cccc(C)c4)cc3N)cc2)c1. The molecule has 0 unspecified atom stereocenters. The maximum Gasteiger partial charge on any atom is 0.255 e. The Hall–Kier alpha value is -4.06. The topological polar surface area (TPSA) is 82.2 Å². The summed E-state index contributed by atoms with van der Waals surface area (Å²) in [4.78, 5) is 12.6. The van der Waals surface area contributed by atoms with Gasteiger partial charge >= 0.3 is 0 Å². The molecular weight excluding hydrogens is 376 g/mol. The molecule has 0 saturated carbocycles. The van der Waals surface area contributed by atoms with Gasteiger partial charge < -0.3 is 15.8 Å². The maximum absolute atomic E-state index is 12.6. The normalized spacial score (nSPS) is 10.6. The highest BCUT2D eigenvalue weighted by molar-refractivity contribution is 6.04. The summed E-state index contributed by atoms with van der Waals surface area (Å²) in [6.07, 6.45) is 0. The predicted molar refractivity (Wildman–Crippen MR) is 119 cm³/mol. The Bertz CT molecular complexity index is 1200. The van der Waals surface area contributed by atoms with E-state index >= 15 is 0 Å². The number of carbonyl (C=O) groups is 1. The minimum Gasteiger partial charge on any atom is -0.497 e. The summed E-state index contributed by atoms with van der Waals surface area (Å²) < 4.78 is 6.85. The van der Waals surface area contributed by atoms with E-state index in [1.165, 1.54) is 0 Å². The van der Waals surface area contributed by atoms with Gasteiger partial charge in [0.2, 0.25) is 0 Å². The van der Waals surface area contributed by atoms with Crippen molar-refractivity contribution in [3.05, 3.63) is 90.0 Å². The van der Waals surface area contributed by atoms with Crippen LogP contribution in [0.15, 0.2) is 78.9 Å². The number of anilines is 2. The van der Waals surface area contributed by atoms with Crippen molar-refractivity contribution in [3.8, 4) is 22.7 Å². The van der Waals surface area contributed by atoms with Crippen LogP contribution < -0.4 is 15.8 Å². The third kappa shape index (κ3) is 4.03. The van der Waals surface area contributed by atoms with E-state index in [0.29, 0.717) is 22.8 Å². The van der Waals surface area contributed by atoms with Crippen molar-refractivity contribution >= 4 is 17.4 Å². The van der Waals surface area contributed by atoms with Crippen LogP contribution in [0.3, 0.4) is 0 Å². The van der Waals surface area contributed by atoms with Crippen LogP contribution in [-0.4, -0.2) is 22.8 Å². The van der Waals surface area contributed by atoms with Crippen molar-refractivity contribution in [3.63, 3.8) is 0 Å². The van der Waals surface area contributed by atoms with Gasteiger partial charge in [-0.15, -0.1) is 0 Å². The number of rotatable bonds is 5. The van der Waals surface area contributed by atoms with Gasteiger partial charge in [0.25, 0.3) is 5.91 Å². The fourth-order valence-corrected chi connectivity index (χ4v) is 3.21. The van der Waals surface area contributed by atoms with Crippen molar-refractivity contribution in [2.45, 2.75) is 6.92 Å². The molecule has 0 bridgehead atoms. The average molecular weight is 398 g/mol. The van der Waals surface area contributed by atoms with E-state index in [1.807, 2.05) is 61.5 Å². The van der Waals surface area contributed by atoms with Crippen LogP contribution >= 0.6 is 0 Å². The number of carbonyl (C=O) groups excluding carboxylic acids is 1. The van der Waals surface area contributed by atoms with Crippen LogP contribution in [0.2, 0.25) is 0 Å². The molecule has 4 rings (SSSR count). The minimum atomic E-state index is -0.205. The molecular formula is C24H22N4O2. The molecule has 150 valence electrons. The molecule has 6 heteroatoms. The van der Waals surface area contributed by atoms with Crippen LogP contribution in [0.1, 0.15) is 15.9 Å². The van der Waals surface area contributed by atoms with E-state index < -0.39 is 0 Å². The number of amides is 1. The first-order chi connectivity index (χ1) is 14.5. The second kappa shape index (κ2) is 8.13. The largest absolute Gasteiger partial charge is 0.497 e. The Morgan fingerprint density at radius 2 is 1.77 bits per heavy atom. The van der Waals surface area contributed by atoms with Gasteiger partial charge in [0.05, 0.1) is 18.5 Å². The molecule has 1 aromatic heterocycles. The zero-order valence-corrected chi connectivity index (χ0v) is 16.8. The number of aromatic nitrogens is 2. The van der Waals surface area contributed by atoms with Gasteiger partial charge in [-0.3, -0.25) is 4.79 Å². The lowest BCUT2D eigenvalue weighted by atomic mass is 10.1. The smallest absolute Gasteiger partial charge is 0.255 e. The van der Waals surface area contributed by atoms with Crippen molar-refractivity contribution in [2.24, 2.45) is 0 Å². The summed E-state index contributed by atoms with van der Waals surface area (Å²) in [5, 5.41) is 7.50. The Morgan fingerprint density at radius 1 is 1.00 bits per heavy atom. The van der Waals surface area contributed by atoms with E-state index in [-0.39, 0.29) is 5.91 Å². The van der Waals surface area contributed by atoms with Gasteiger partial charge in [0.15, 0.2) is 0 Å². The van der Waals surface area contributed by atoms with E-state index in [0.717, 1.165) is 22.5 Å². The quantitative estimate of drug-likeness (QED) is 0.511. The summed E-state index contributed by atoms with van der Waals surface area (Å²) in [7, 11) is 1.59. The van der Waals surface area contributed by atoms with Crippen molar-refractivity contribution in [2.75, 3.05) is 18.2 Å². The number of ether oxygens (including phenoxy) is 1. The Kier molecular flexibility index (Phi) is 5.22. The highest BCUT2D eigenvalue weighted by Gasteiger charge is 2.11. The van der Waals surface area contributed by atoms with E-state index in [4.69, 9.17) is 10.5 Å². The molecule has 3 aromatic carbocycles. The van der Waals surface area contributed by atoms with Gasteiger partial charge in [0.1, 0.15) is 11.6 Å². The number of nitrogens with zero attached hydrogens (tertiary/aromatic N) is 2. The molecule has 0 aliphatic rings. The molecule has 1 amide bonds. The zero-order valence-electron chi connectivity index (χ0n) is 16.8. The molecule has 1 heterocycles. The van der Waals surface area contributed by atoms with Gasteiger partial charge in [-0.1, -0.05) is 29.8 Å². The summed E-state index contributed by atoms with van der Waals surface area (Å²) in [5.74, 6) is 1.01. The van der Waals surface area contributed by atoms with E-state index in [9.17, 15) is 4.79 Å². The number of nitrogen functional groups attached to an aromatic ring is 1. The maximum atomic E-state index is 12.6. The van der Waals surface area contributed by atoms with Crippen LogP contribution in [0.5, 0.6) is 5.75 Å². The monoisotopic (exact) mass is 398 g/mol. The number of methoxy groups -OCH3 is 1. The molecule has 0 saturated heterocycles. The van der Waals surface area contributed by atoms with Crippen molar-refractivity contribution < 1.29 is 9.53 Å². The first-order valence-corrected chi connectivity index (χ1v) is 9.52. The van der Waals surface area contributed by atoms with Gasteiger partial charge in [-0.05, 0) is 49.4 Å². The van der Waals surface area contributed by atoms with Gasteiger partial charge in [-0.25, -0.2) is 4.68 Å². The zero-order chi connectivity index (χ0) is 21.1. The molecule has 3 N–H and O–H groups in total. The fourth-order valence-electron chi connectivity index (χ4n) is 3.21. The molecule has 4 aromatic rings. The summed E-state index contributed by atoms with van der Waals surface area (Å²) in [6, 6.07) is 24.3. The lowest BCUT2D eigenvalue weighted by Gasteiger charge is -2.08. The Morgan fingerprint density at radius 3 is 2.50 bits per heavy atom. The summed E-state index contributed by atoms with van der Waals surface area (Å²) >= 11 is 0. The Labute approximate surface area is 174 Å². The first-order valence-electron chi connectivity index (χ1n) is 9.52. The molecule has 0 radical (unpaired) electrons. The number of hydrogen-bond acceptors (Lipinski definition) is 4. The molecule has 0 aliphatic carbocycles. The third-order valence-corrected chi connectivity index (χ3v) is 4.75. The molecule has 0 spiro atoms. The number of benzene rings is 3. The number of nitrogens with one attached hydrogen (secondary N) is 1. The molecule has 30 heavy (non-hydrogen) atoms. The van der Waals surface area contributed by atoms with Crippen LogP contribution in [-0.2, 0) is 0 Å². The second-order valence-electron chi connectivity index (χ2n) is 6.97. The van der Waals surface area contributed by atoms with Crippen LogP contribution in [0.4, 0.5) is 11.5 Å². The predicted octanol–water partition coefficient (Wildman–Crippen LogP) is 4.69. The van der Waals surface area contributed by atoms with Crippen LogP contribution in [0.25, 0.3) is 16.9 Å². The molecule has 0 atom stereocenters. The second-order valence-corrected chi connectivity index (χ2v) is 6.97. The first kappa shape index (κ1) is 19.3. The van der Waals surface area contributed by atoms with Gasteiger partial charge in [-0.2, -0.15) is 5.10 Å². The Balaban J connectivity index is 1.54. The van der Waals surface area contributed by atoms with E-state index in [2.05, 4.69) is 16.5 Å². The standard InChI is InChI=1S/C24H22N4O2/c1-16-5-3-6-18(13-16)22-15-23(25)28(27-22)20-11-9-17(10-12-20)24(29)26-19-7-4-8-21(14-19)30-2/h3-15H,25H2,1-2H3,(H,26,29). The fraction of sp³-hybridized carbons (Fsp3) is 0.0833. The summed E-state index contributed by atoms with van der Waals surface area (Å²) in [6.45, 7) is 2.04. The van der Waals surface area contributed by atoms with Crippen molar-refractivity contribution in [1.29, 1.82) is 0 Å². The highest BCUT2D eigenvalue weighted by Crippen LogP contribution is 2.24. The van der Waals surface area contributed by atoms with Gasteiger partial charge in [0, 0.05) is 28.9 Å². The lowest BCUT2D eigenvalue weighted by Crippen LogP contribution is -2.12. The minimum absolute atomic E-state index is 0.205. The molecule has 0 aliphatic heterocycles. The average Bonchev–Trinajstić information content (AvgIpc) is 3.15. The lowest BCUT2D eigenvalue weighted by molar-refractivity contribution is 0.102. The molecule has 0 fully saturated rings. The number of nitrogens with two attached hydrogens (primary N) is 1. The molecule has 6 nitrogen and oxygen atoms in total. The number of aryl methyl sites for hydroxylation is 1. The third-order valence-electron chi connectivity index (χ3n) is 4.75. The van der Waals surface area contributed by atoms with E-state index in [1.54, 1.807) is 30.0 Å². The van der Waals surface area contributed by atoms with Crippen LogP contribution in [0, 0.1) is 6.92 Å². The highest BCUT2D eigenvalue weighted by atomic mass is 16.5. The summed E-state index contributed by atoms with van der Waals surface area (Å²) in [5.41, 5.74) is 11.1.